The number of hydrogen-bond donors (Lipinski definition) is 0. The second kappa shape index (κ2) is 27.4. The Balaban J connectivity index is 5.58. The summed E-state index contributed by atoms with van der Waals surface area (Å²) in [4.78, 5) is 0. The molecule has 0 saturated heterocycles. The van der Waals surface area contributed by atoms with Crippen LogP contribution in [-0.2, 0) is 9.13 Å². The summed E-state index contributed by atoms with van der Waals surface area (Å²) in [5.74, 6) is 0. The van der Waals surface area contributed by atoms with Crippen molar-refractivity contribution in [2.45, 2.75) is 218 Å². The lowest BCUT2D eigenvalue weighted by atomic mass is 9.75. The molecule has 0 fully saturated rings. The maximum atomic E-state index is 13.3. The number of unbranched alkanes of at least 4 members (excludes halogenated alkanes) is 20. The molecule has 0 unspecified atom stereocenters. The van der Waals surface area contributed by atoms with Crippen molar-refractivity contribution in [3.05, 3.63) is 0 Å². The second-order valence-corrected chi connectivity index (χ2v) is 14.4. The van der Waals surface area contributed by atoms with Gasteiger partial charge < -0.3 is 0 Å². The SMILES string of the molecule is CCCCCCCCC(CCCCCCCC)(P=O)C(CCCCCCCC)(CCCCCCCC)P=O. The van der Waals surface area contributed by atoms with Gasteiger partial charge in [0, 0.05) is 0 Å². The summed E-state index contributed by atoms with van der Waals surface area (Å²) < 4.78 is 26.5. The largest absolute Gasteiger partial charge is 0.274 e. The van der Waals surface area contributed by atoms with Gasteiger partial charge in [-0.1, -0.05) is 182 Å². The predicted octanol–water partition coefficient (Wildman–Crippen LogP) is 14.0. The number of hydrogen-bond acceptors (Lipinski definition) is 2. The van der Waals surface area contributed by atoms with Gasteiger partial charge in [0.25, 0.3) is 0 Å². The highest BCUT2D eigenvalue weighted by molar-refractivity contribution is 7.32. The molecule has 0 aliphatic rings. The van der Waals surface area contributed by atoms with E-state index < -0.39 is 0 Å². The van der Waals surface area contributed by atoms with E-state index in [2.05, 4.69) is 27.7 Å². The first-order valence-electron chi connectivity index (χ1n) is 17.3. The lowest BCUT2D eigenvalue weighted by Crippen LogP contribution is -2.46. The Morgan fingerprint density at radius 2 is 0.500 bits per heavy atom. The zero-order valence-electron chi connectivity index (χ0n) is 26.5. The Morgan fingerprint density at radius 3 is 0.684 bits per heavy atom. The minimum absolute atomic E-state index is 0.271. The molecular weight excluding hydrogens is 502 g/mol. The molecule has 226 valence electrons. The summed E-state index contributed by atoms with van der Waals surface area (Å²) in [6.45, 7) is 9.09. The molecule has 0 aromatic heterocycles. The minimum atomic E-state index is -0.321. The Kier molecular flexibility index (Phi) is 27.5. The van der Waals surface area contributed by atoms with Crippen molar-refractivity contribution in [3.63, 3.8) is 0 Å². The van der Waals surface area contributed by atoms with E-state index in [1.54, 1.807) is 0 Å². The highest BCUT2D eigenvalue weighted by atomic mass is 31.1. The van der Waals surface area contributed by atoms with Gasteiger partial charge in [-0.15, -0.1) is 0 Å². The third-order valence-electron chi connectivity index (χ3n) is 8.99. The average Bonchev–Trinajstić information content (AvgIpc) is 2.94. The van der Waals surface area contributed by atoms with Crippen LogP contribution in [0.1, 0.15) is 207 Å². The van der Waals surface area contributed by atoms with Gasteiger partial charge in [0.15, 0.2) is 16.9 Å². The summed E-state index contributed by atoms with van der Waals surface area (Å²) in [6, 6.07) is 0. The zero-order valence-corrected chi connectivity index (χ0v) is 28.3. The van der Waals surface area contributed by atoms with Crippen molar-refractivity contribution in [2.24, 2.45) is 0 Å². The van der Waals surface area contributed by atoms with Gasteiger partial charge in [0.1, 0.15) is 0 Å². The molecule has 0 saturated carbocycles. The van der Waals surface area contributed by atoms with Crippen LogP contribution < -0.4 is 0 Å². The quantitative estimate of drug-likeness (QED) is 0.0613. The van der Waals surface area contributed by atoms with Crippen molar-refractivity contribution in [1.29, 1.82) is 0 Å². The fraction of sp³-hybridized carbons (Fsp3) is 1.00. The predicted molar refractivity (Wildman–Crippen MR) is 173 cm³/mol. The van der Waals surface area contributed by atoms with Crippen LogP contribution in [0.15, 0.2) is 0 Å². The Labute approximate surface area is 243 Å². The van der Waals surface area contributed by atoms with E-state index >= 15 is 0 Å². The smallest absolute Gasteiger partial charge is 0.163 e. The Hall–Kier alpha value is 0.200. The van der Waals surface area contributed by atoms with Gasteiger partial charge in [-0.05, 0) is 25.7 Å². The Morgan fingerprint density at radius 1 is 0.316 bits per heavy atom. The van der Waals surface area contributed by atoms with E-state index in [9.17, 15) is 9.13 Å². The summed E-state index contributed by atoms with van der Waals surface area (Å²) in [5, 5.41) is -0.642. The molecule has 0 N–H and O–H groups in total. The Bertz CT molecular complexity index is 445. The first-order chi connectivity index (χ1) is 18.6. The lowest BCUT2D eigenvalue weighted by Gasteiger charge is -2.43. The summed E-state index contributed by atoms with van der Waals surface area (Å²) in [6.07, 6.45) is 34.2. The summed E-state index contributed by atoms with van der Waals surface area (Å²) in [5.41, 5.74) is 0. The molecular formula is C34H68O2P2. The van der Waals surface area contributed by atoms with E-state index in [-0.39, 0.29) is 27.2 Å². The number of rotatable bonds is 31. The second-order valence-electron chi connectivity index (χ2n) is 12.3. The fourth-order valence-corrected chi connectivity index (χ4v) is 8.35. The topological polar surface area (TPSA) is 34.1 Å². The molecule has 0 atom stereocenters. The maximum Gasteiger partial charge on any atom is 0.163 e. The highest BCUT2D eigenvalue weighted by Crippen LogP contribution is 2.55. The first kappa shape index (κ1) is 38.2. The molecule has 0 heterocycles. The van der Waals surface area contributed by atoms with Crippen molar-refractivity contribution in [3.8, 4) is 0 Å². The van der Waals surface area contributed by atoms with Crippen molar-refractivity contribution >= 4 is 16.9 Å². The van der Waals surface area contributed by atoms with E-state index in [0.717, 1.165) is 51.4 Å². The van der Waals surface area contributed by atoms with Crippen LogP contribution in [0.25, 0.3) is 0 Å². The maximum absolute atomic E-state index is 13.3. The molecule has 0 radical (unpaired) electrons. The van der Waals surface area contributed by atoms with Gasteiger partial charge in [0.05, 0.1) is 10.3 Å². The first-order valence-corrected chi connectivity index (χ1v) is 18.9. The molecule has 2 nitrogen and oxygen atoms in total. The molecule has 0 aliphatic carbocycles. The van der Waals surface area contributed by atoms with Crippen LogP contribution in [0, 0.1) is 0 Å². The van der Waals surface area contributed by atoms with Crippen LogP contribution in [0.4, 0.5) is 0 Å². The van der Waals surface area contributed by atoms with Gasteiger partial charge in [-0.2, -0.15) is 0 Å². The standard InChI is InChI=1S/C34H68O2P2/c1-5-9-13-17-21-25-29-33(37-35,30-26-22-18-14-10-6-2)34(38-36,31-27-23-19-15-11-7-3)32-28-24-20-16-12-8-4/h5-32H2,1-4H3. The third kappa shape index (κ3) is 17.1. The van der Waals surface area contributed by atoms with Crippen LogP contribution in [0.3, 0.4) is 0 Å². The van der Waals surface area contributed by atoms with E-state index in [0.29, 0.717) is 0 Å². The normalized spacial score (nSPS) is 12.6. The van der Waals surface area contributed by atoms with Crippen LogP contribution >= 0.6 is 16.9 Å². The lowest BCUT2D eigenvalue weighted by molar-refractivity contribution is 0.287. The molecule has 0 aromatic carbocycles. The fourth-order valence-electron chi connectivity index (χ4n) is 6.32. The molecule has 38 heavy (non-hydrogen) atoms. The summed E-state index contributed by atoms with van der Waals surface area (Å²) in [7, 11) is 0.542. The average molecular weight is 571 g/mol. The molecule has 0 spiro atoms. The molecule has 0 rings (SSSR count). The van der Waals surface area contributed by atoms with Crippen molar-refractivity contribution in [2.75, 3.05) is 0 Å². The summed E-state index contributed by atoms with van der Waals surface area (Å²) >= 11 is 0. The molecule has 4 heteroatoms. The molecule has 0 aliphatic heterocycles. The van der Waals surface area contributed by atoms with Crippen LogP contribution in [0.2, 0.25) is 0 Å². The molecule has 0 amide bonds. The van der Waals surface area contributed by atoms with Crippen molar-refractivity contribution < 1.29 is 9.13 Å². The van der Waals surface area contributed by atoms with Gasteiger partial charge in [-0.25, -0.2) is 0 Å². The molecule has 0 bridgehead atoms. The van der Waals surface area contributed by atoms with Gasteiger partial charge >= 0.3 is 0 Å². The van der Waals surface area contributed by atoms with E-state index in [1.165, 1.54) is 128 Å². The van der Waals surface area contributed by atoms with Crippen molar-refractivity contribution in [1.82, 2.24) is 0 Å². The highest BCUT2D eigenvalue weighted by Gasteiger charge is 2.51. The van der Waals surface area contributed by atoms with Crippen LogP contribution in [0.5, 0.6) is 0 Å². The zero-order chi connectivity index (χ0) is 28.2. The van der Waals surface area contributed by atoms with Gasteiger partial charge in [-0.3, -0.25) is 9.13 Å². The van der Waals surface area contributed by atoms with E-state index in [1.807, 2.05) is 0 Å². The third-order valence-corrected chi connectivity index (χ3v) is 11.6. The molecule has 0 aromatic rings. The van der Waals surface area contributed by atoms with E-state index in [4.69, 9.17) is 0 Å². The van der Waals surface area contributed by atoms with Gasteiger partial charge in [0.2, 0.25) is 0 Å². The monoisotopic (exact) mass is 570 g/mol. The van der Waals surface area contributed by atoms with Crippen LogP contribution in [-0.4, -0.2) is 10.3 Å². The minimum Gasteiger partial charge on any atom is -0.274 e.